The van der Waals surface area contributed by atoms with Crippen molar-refractivity contribution in [3.63, 3.8) is 0 Å². The van der Waals surface area contributed by atoms with E-state index in [1.54, 1.807) is 0 Å². The van der Waals surface area contributed by atoms with E-state index >= 15 is 0 Å². The molecule has 1 saturated heterocycles. The zero-order chi connectivity index (χ0) is 14.0. The van der Waals surface area contributed by atoms with Crippen LogP contribution in [0.5, 0.6) is 0 Å². The maximum atomic E-state index is 12.7. The van der Waals surface area contributed by atoms with Crippen LogP contribution in [0.4, 0.5) is 4.39 Å². The molecule has 0 saturated carbocycles. The van der Waals surface area contributed by atoms with Gasteiger partial charge in [-0.2, -0.15) is 0 Å². The van der Waals surface area contributed by atoms with Gasteiger partial charge in [0.1, 0.15) is 17.4 Å². The molecule has 0 bridgehead atoms. The Kier molecular flexibility index (Phi) is 3.75. The molecule has 2 atom stereocenters. The minimum absolute atomic E-state index is 0.0694. The second kappa shape index (κ2) is 5.31. The van der Waals surface area contributed by atoms with Gasteiger partial charge < -0.3 is 14.7 Å². The molecule has 1 aliphatic heterocycles. The molecule has 2 heterocycles. The van der Waals surface area contributed by atoms with Gasteiger partial charge in [-0.25, -0.2) is 9.37 Å². The van der Waals surface area contributed by atoms with Crippen LogP contribution in [0.15, 0.2) is 18.3 Å². The second-order valence-corrected chi connectivity index (χ2v) is 4.33. The predicted octanol–water partition coefficient (Wildman–Crippen LogP) is 0.392. The Hall–Kier alpha value is -2.02. The van der Waals surface area contributed by atoms with Gasteiger partial charge in [0.25, 0.3) is 5.91 Å². The topological polar surface area (TPSA) is 79.7 Å². The molecule has 102 valence electrons. The van der Waals surface area contributed by atoms with E-state index < -0.39 is 29.7 Å². The summed E-state index contributed by atoms with van der Waals surface area (Å²) in [4.78, 5) is 28.1. The first kappa shape index (κ1) is 13.4. The summed E-state index contributed by atoms with van der Waals surface area (Å²) in [5.74, 6) is -2.75. The zero-order valence-corrected chi connectivity index (χ0v) is 10.2. The fraction of sp³-hybridized carbons (Fsp3) is 0.417. The quantitative estimate of drug-likeness (QED) is 0.858. The minimum Gasteiger partial charge on any atom is -0.481 e. The Morgan fingerprint density at radius 2 is 2.21 bits per heavy atom. The molecule has 0 radical (unpaired) electrons. The molecule has 1 aromatic rings. The molecule has 1 amide bonds. The average molecular weight is 268 g/mol. The van der Waals surface area contributed by atoms with Crippen molar-refractivity contribution in [2.24, 2.45) is 5.92 Å². The lowest BCUT2D eigenvalue weighted by atomic mass is 10.0. The van der Waals surface area contributed by atoms with Gasteiger partial charge in [0.15, 0.2) is 0 Å². The standard InChI is InChI=1S/C12H13FN2O4/c1-15(10-6-19-5-8(10)12(17)18)11(16)9-3-2-7(13)4-14-9/h2-4,8,10H,5-6H2,1H3,(H,17,18). The van der Waals surface area contributed by atoms with Crippen molar-refractivity contribution in [1.29, 1.82) is 0 Å². The van der Waals surface area contributed by atoms with Crippen molar-refractivity contribution in [2.75, 3.05) is 20.3 Å². The second-order valence-electron chi connectivity index (χ2n) is 4.33. The van der Waals surface area contributed by atoms with E-state index in [-0.39, 0.29) is 18.9 Å². The number of aromatic nitrogens is 1. The Bertz CT molecular complexity index is 491. The van der Waals surface area contributed by atoms with Crippen LogP contribution in [-0.4, -0.2) is 53.2 Å². The number of carboxylic acid groups (broad SMARTS) is 1. The van der Waals surface area contributed by atoms with Crippen molar-refractivity contribution in [1.82, 2.24) is 9.88 Å². The van der Waals surface area contributed by atoms with Crippen LogP contribution < -0.4 is 0 Å². The molecule has 6 nitrogen and oxygen atoms in total. The van der Waals surface area contributed by atoms with Crippen LogP contribution in [0.1, 0.15) is 10.5 Å². The highest BCUT2D eigenvalue weighted by Gasteiger charge is 2.38. The van der Waals surface area contributed by atoms with Crippen LogP contribution in [0.25, 0.3) is 0 Å². The van der Waals surface area contributed by atoms with Gasteiger partial charge in [-0.05, 0) is 12.1 Å². The number of ether oxygens (including phenoxy) is 1. The van der Waals surface area contributed by atoms with Crippen molar-refractivity contribution >= 4 is 11.9 Å². The summed E-state index contributed by atoms with van der Waals surface area (Å²) in [6, 6.07) is 1.85. The van der Waals surface area contributed by atoms with Crippen molar-refractivity contribution in [2.45, 2.75) is 6.04 Å². The molecule has 1 fully saturated rings. The van der Waals surface area contributed by atoms with E-state index in [1.807, 2.05) is 0 Å². The van der Waals surface area contributed by atoms with E-state index in [0.717, 1.165) is 12.3 Å². The molecular weight excluding hydrogens is 255 g/mol. The summed E-state index contributed by atoms with van der Waals surface area (Å²) in [7, 11) is 1.49. The number of aliphatic carboxylic acids is 1. The number of hydrogen-bond acceptors (Lipinski definition) is 4. The van der Waals surface area contributed by atoms with Gasteiger partial charge in [0.2, 0.25) is 0 Å². The Balaban J connectivity index is 2.14. The molecule has 2 rings (SSSR count). The highest BCUT2D eigenvalue weighted by molar-refractivity contribution is 5.92. The predicted molar refractivity (Wildman–Crippen MR) is 62.0 cm³/mol. The summed E-state index contributed by atoms with van der Waals surface area (Å²) in [5, 5.41) is 9.04. The van der Waals surface area contributed by atoms with E-state index in [1.165, 1.54) is 18.0 Å². The third-order valence-corrected chi connectivity index (χ3v) is 3.13. The highest BCUT2D eigenvalue weighted by Crippen LogP contribution is 2.20. The maximum absolute atomic E-state index is 12.7. The molecule has 1 N–H and O–H groups in total. The van der Waals surface area contributed by atoms with Crippen LogP contribution in [0, 0.1) is 11.7 Å². The molecule has 0 aliphatic carbocycles. The lowest BCUT2D eigenvalue weighted by Crippen LogP contribution is -2.44. The fourth-order valence-electron chi connectivity index (χ4n) is 1.99. The van der Waals surface area contributed by atoms with Gasteiger partial charge in [0.05, 0.1) is 25.5 Å². The molecule has 0 aromatic carbocycles. The normalized spacial score (nSPS) is 22.2. The molecule has 2 unspecified atom stereocenters. The maximum Gasteiger partial charge on any atom is 0.311 e. The summed E-state index contributed by atoms with van der Waals surface area (Å²) >= 11 is 0. The number of pyridine rings is 1. The first-order chi connectivity index (χ1) is 9.00. The van der Waals surface area contributed by atoms with Crippen LogP contribution in [-0.2, 0) is 9.53 Å². The van der Waals surface area contributed by atoms with Gasteiger partial charge in [-0.3, -0.25) is 9.59 Å². The van der Waals surface area contributed by atoms with Gasteiger partial charge >= 0.3 is 5.97 Å². The monoisotopic (exact) mass is 268 g/mol. The first-order valence-electron chi connectivity index (χ1n) is 5.70. The number of likely N-dealkylation sites (N-methyl/N-ethyl adjacent to an activating group) is 1. The zero-order valence-electron chi connectivity index (χ0n) is 10.2. The third kappa shape index (κ3) is 2.70. The molecule has 7 heteroatoms. The van der Waals surface area contributed by atoms with E-state index in [2.05, 4.69) is 4.98 Å². The smallest absolute Gasteiger partial charge is 0.311 e. The number of rotatable bonds is 3. The Morgan fingerprint density at radius 1 is 1.47 bits per heavy atom. The van der Waals surface area contributed by atoms with Crippen molar-refractivity contribution in [3.8, 4) is 0 Å². The van der Waals surface area contributed by atoms with Crippen LogP contribution in [0.2, 0.25) is 0 Å². The SMILES string of the molecule is CN(C(=O)c1ccc(F)cn1)C1COCC1C(=O)O. The van der Waals surface area contributed by atoms with Crippen molar-refractivity contribution < 1.29 is 23.8 Å². The molecular formula is C12H13FN2O4. The van der Waals surface area contributed by atoms with Crippen LogP contribution >= 0.6 is 0 Å². The number of carboxylic acids is 1. The summed E-state index contributed by atoms with van der Waals surface area (Å²) < 4.78 is 17.8. The van der Waals surface area contributed by atoms with E-state index in [9.17, 15) is 14.0 Å². The van der Waals surface area contributed by atoms with Gasteiger partial charge in [-0.1, -0.05) is 0 Å². The van der Waals surface area contributed by atoms with Gasteiger partial charge in [0, 0.05) is 7.05 Å². The molecule has 1 aromatic heterocycles. The Morgan fingerprint density at radius 3 is 2.79 bits per heavy atom. The lowest BCUT2D eigenvalue weighted by Gasteiger charge is -2.25. The fourth-order valence-corrected chi connectivity index (χ4v) is 1.99. The number of nitrogens with zero attached hydrogens (tertiary/aromatic N) is 2. The molecule has 19 heavy (non-hydrogen) atoms. The molecule has 1 aliphatic rings. The van der Waals surface area contributed by atoms with Crippen LogP contribution in [0.3, 0.4) is 0 Å². The van der Waals surface area contributed by atoms with E-state index in [4.69, 9.17) is 9.84 Å². The third-order valence-electron chi connectivity index (χ3n) is 3.13. The highest BCUT2D eigenvalue weighted by atomic mass is 19.1. The summed E-state index contributed by atoms with van der Waals surface area (Å²) in [5.41, 5.74) is 0.0694. The number of halogens is 1. The number of hydrogen-bond donors (Lipinski definition) is 1. The average Bonchev–Trinajstić information content (AvgIpc) is 2.87. The lowest BCUT2D eigenvalue weighted by molar-refractivity contribution is -0.142. The van der Waals surface area contributed by atoms with Gasteiger partial charge in [-0.15, -0.1) is 0 Å². The largest absolute Gasteiger partial charge is 0.481 e. The Labute approximate surface area is 108 Å². The summed E-state index contributed by atoms with van der Waals surface area (Å²) in [6.45, 7) is 0.245. The summed E-state index contributed by atoms with van der Waals surface area (Å²) in [6.07, 6.45) is 0.945. The van der Waals surface area contributed by atoms with Crippen molar-refractivity contribution in [3.05, 3.63) is 29.8 Å². The number of carbonyl (C=O) groups is 2. The first-order valence-corrected chi connectivity index (χ1v) is 5.70. The molecule has 0 spiro atoms. The minimum atomic E-state index is -1.01. The van der Waals surface area contributed by atoms with E-state index in [0.29, 0.717) is 0 Å². The number of carbonyl (C=O) groups excluding carboxylic acids is 1. The number of amides is 1.